The lowest BCUT2D eigenvalue weighted by molar-refractivity contribution is -0.127. The second-order valence-electron chi connectivity index (χ2n) is 6.46. The lowest BCUT2D eigenvalue weighted by Gasteiger charge is -2.17. The predicted molar refractivity (Wildman–Crippen MR) is 112 cm³/mol. The van der Waals surface area contributed by atoms with Gasteiger partial charge < -0.3 is 15.4 Å². The van der Waals surface area contributed by atoms with Crippen LogP contribution in [0.4, 0.5) is 27.6 Å². The van der Waals surface area contributed by atoms with Crippen molar-refractivity contribution in [2.45, 2.75) is 22.8 Å². The molecule has 1 unspecified atom stereocenters. The van der Waals surface area contributed by atoms with Gasteiger partial charge in [0.05, 0.1) is 19.1 Å². The van der Waals surface area contributed by atoms with Crippen LogP contribution in [0.2, 0.25) is 0 Å². The number of rotatable bonds is 9. The van der Waals surface area contributed by atoms with E-state index in [0.717, 1.165) is 20.1 Å². The molecule has 0 heterocycles. The van der Waals surface area contributed by atoms with E-state index in [1.54, 1.807) is 0 Å². The molecule has 2 aromatic carbocycles. The monoisotopic (exact) mass is 529 g/mol. The van der Waals surface area contributed by atoms with Gasteiger partial charge in [0.15, 0.2) is 39.7 Å². The van der Waals surface area contributed by atoms with Gasteiger partial charge in [0, 0.05) is 25.8 Å². The fourth-order valence-electron chi connectivity index (χ4n) is 2.59. The van der Waals surface area contributed by atoms with Crippen molar-refractivity contribution >= 4 is 39.3 Å². The van der Waals surface area contributed by atoms with Gasteiger partial charge in [-0.1, -0.05) is 0 Å². The Hall–Kier alpha value is -3.07. The summed E-state index contributed by atoms with van der Waals surface area (Å²) in [5.41, 5.74) is -0.787. The molecule has 0 saturated carbocycles. The highest BCUT2D eigenvalue weighted by atomic mass is 32.2. The van der Waals surface area contributed by atoms with Crippen molar-refractivity contribution in [2.75, 3.05) is 24.6 Å². The maximum atomic E-state index is 14.7. The van der Waals surface area contributed by atoms with Crippen LogP contribution in [0.3, 0.4) is 0 Å². The first-order chi connectivity index (χ1) is 16.2. The van der Waals surface area contributed by atoms with Crippen molar-refractivity contribution in [3.8, 4) is 5.75 Å². The number of halogens is 5. The number of hydrogen-bond donors (Lipinski definition) is 3. The van der Waals surface area contributed by atoms with Crippen LogP contribution in [0.1, 0.15) is 8.29 Å². The van der Waals surface area contributed by atoms with Gasteiger partial charge in [0.25, 0.3) is 10.0 Å². The standard InChI is InChI=1S/C19H18F5N3O5S2/c1-8(28)26-11(19(29)25-2)7-33-17-13(21)15(23)18(16(24)14(17)22)34(30,31)27-9-4-5-12(32-3)10(20)6-9/h4-6,11,27H,7H2,1-3H3,(H,25,29)(H,26,28)/i4T. The third kappa shape index (κ3) is 5.88. The summed E-state index contributed by atoms with van der Waals surface area (Å²) in [5, 5.41) is 4.37. The average Bonchev–Trinajstić information content (AvgIpc) is 2.78. The molecule has 15 heteroatoms. The molecule has 1 atom stereocenters. The molecule has 34 heavy (non-hydrogen) atoms. The minimum atomic E-state index is -5.40. The Balaban J connectivity index is 2.47. The smallest absolute Gasteiger partial charge is 0.267 e. The summed E-state index contributed by atoms with van der Waals surface area (Å²) in [6.07, 6.45) is 0. The Bertz CT molecular complexity index is 1250. The second-order valence-corrected chi connectivity index (χ2v) is 9.11. The van der Waals surface area contributed by atoms with Crippen LogP contribution in [0, 0.1) is 29.1 Å². The summed E-state index contributed by atoms with van der Waals surface area (Å²) in [7, 11) is -3.11. The Morgan fingerprint density at radius 3 is 2.24 bits per heavy atom. The molecule has 0 radical (unpaired) electrons. The van der Waals surface area contributed by atoms with Crippen molar-refractivity contribution in [2.24, 2.45) is 0 Å². The molecule has 0 spiro atoms. The largest absolute Gasteiger partial charge is 0.494 e. The maximum absolute atomic E-state index is 14.7. The van der Waals surface area contributed by atoms with Gasteiger partial charge >= 0.3 is 0 Å². The molecule has 0 aliphatic carbocycles. The molecule has 2 aromatic rings. The topological polar surface area (TPSA) is 114 Å². The summed E-state index contributed by atoms with van der Waals surface area (Å²) >= 11 is 0.113. The number of ether oxygens (including phenoxy) is 1. The Morgan fingerprint density at radius 2 is 1.74 bits per heavy atom. The summed E-state index contributed by atoms with van der Waals surface area (Å²) in [4.78, 5) is 19.7. The normalized spacial score (nSPS) is 12.5. The van der Waals surface area contributed by atoms with E-state index >= 15 is 0 Å². The quantitative estimate of drug-likeness (QED) is 0.262. The number of likely N-dealkylation sites (N-methyl/N-ethyl adjacent to an activating group) is 1. The number of methoxy groups -OCH3 is 1. The zero-order valence-corrected chi connectivity index (χ0v) is 19.3. The highest BCUT2D eigenvalue weighted by Gasteiger charge is 2.34. The SMILES string of the molecule is [3H]c1cc(OC)c(F)cc1NS(=O)(=O)c1c(F)c(F)c(SCC(NC(C)=O)C(=O)NC)c(F)c1F. The predicted octanol–water partition coefficient (Wildman–Crippen LogP) is 2.53. The number of thioether (sulfide) groups is 1. The molecule has 0 saturated heterocycles. The van der Waals surface area contributed by atoms with Crippen LogP contribution < -0.4 is 20.1 Å². The Kier molecular flexibility index (Phi) is 8.19. The van der Waals surface area contributed by atoms with Crippen molar-refractivity contribution < 1.29 is 46.1 Å². The fraction of sp³-hybridized carbons (Fsp3) is 0.263. The molecule has 3 N–H and O–H groups in total. The van der Waals surface area contributed by atoms with E-state index < -0.39 is 90.0 Å². The lowest BCUT2D eigenvalue weighted by atomic mass is 10.3. The fourth-order valence-corrected chi connectivity index (χ4v) is 4.75. The van der Waals surface area contributed by atoms with E-state index in [0.29, 0.717) is 6.07 Å². The molecule has 0 aliphatic heterocycles. The van der Waals surface area contributed by atoms with Crippen molar-refractivity contribution in [3.05, 3.63) is 47.3 Å². The maximum Gasteiger partial charge on any atom is 0.267 e. The van der Waals surface area contributed by atoms with Crippen molar-refractivity contribution in [1.29, 1.82) is 0 Å². The first kappa shape index (κ1) is 25.6. The highest BCUT2D eigenvalue weighted by Crippen LogP contribution is 2.35. The van der Waals surface area contributed by atoms with Gasteiger partial charge in [-0.25, -0.2) is 30.4 Å². The van der Waals surface area contributed by atoms with E-state index in [2.05, 4.69) is 15.4 Å². The summed E-state index contributed by atoms with van der Waals surface area (Å²) in [5.74, 6) is -12.3. The number of sulfonamides is 1. The van der Waals surface area contributed by atoms with E-state index in [1.165, 1.54) is 11.8 Å². The number of carbonyl (C=O) groups excluding carboxylic acids is 2. The number of carbonyl (C=O) groups is 2. The van der Waals surface area contributed by atoms with Gasteiger partial charge in [-0.3, -0.25) is 14.3 Å². The lowest BCUT2D eigenvalue weighted by Crippen LogP contribution is -2.46. The van der Waals surface area contributed by atoms with Gasteiger partial charge in [0.2, 0.25) is 11.8 Å². The third-order valence-electron chi connectivity index (χ3n) is 4.12. The van der Waals surface area contributed by atoms with Crippen LogP contribution in [-0.4, -0.2) is 46.2 Å². The Morgan fingerprint density at radius 1 is 1.15 bits per heavy atom. The number of amides is 2. The highest BCUT2D eigenvalue weighted by molar-refractivity contribution is 7.99. The van der Waals surface area contributed by atoms with Crippen LogP contribution in [0.25, 0.3) is 0 Å². The van der Waals surface area contributed by atoms with E-state index in [9.17, 15) is 40.0 Å². The van der Waals surface area contributed by atoms with Crippen LogP contribution in [0.5, 0.6) is 5.75 Å². The summed E-state index contributed by atoms with van der Waals surface area (Å²) < 4.78 is 111. The summed E-state index contributed by atoms with van der Waals surface area (Å²) in [6.45, 7) is 1.06. The molecule has 2 amide bonds. The molecule has 0 bridgehead atoms. The molecule has 186 valence electrons. The number of hydrogen-bond acceptors (Lipinski definition) is 6. The first-order valence-corrected chi connectivity index (χ1v) is 11.6. The van der Waals surface area contributed by atoms with Crippen LogP contribution >= 0.6 is 11.8 Å². The third-order valence-corrected chi connectivity index (χ3v) is 6.65. The van der Waals surface area contributed by atoms with E-state index in [4.69, 9.17) is 1.37 Å². The molecular formula is C19H18F5N3O5S2. The number of anilines is 1. The molecular weight excluding hydrogens is 509 g/mol. The minimum Gasteiger partial charge on any atom is -0.494 e. The van der Waals surface area contributed by atoms with Crippen molar-refractivity contribution in [1.82, 2.24) is 10.6 Å². The average molecular weight is 530 g/mol. The molecule has 8 nitrogen and oxygen atoms in total. The van der Waals surface area contributed by atoms with Crippen molar-refractivity contribution in [3.63, 3.8) is 0 Å². The van der Waals surface area contributed by atoms with Gasteiger partial charge in [-0.2, -0.15) is 0 Å². The Labute approximate surface area is 196 Å². The van der Waals surface area contributed by atoms with Gasteiger partial charge in [-0.15, -0.1) is 11.8 Å². The number of nitrogens with one attached hydrogen (secondary N) is 3. The van der Waals surface area contributed by atoms with Crippen LogP contribution in [0.15, 0.2) is 28.0 Å². The summed E-state index contributed by atoms with van der Waals surface area (Å²) in [6, 6.07) is -0.762. The van der Waals surface area contributed by atoms with E-state index in [-0.39, 0.29) is 11.8 Å². The zero-order chi connectivity index (χ0) is 26.7. The zero-order valence-electron chi connectivity index (χ0n) is 18.7. The molecule has 2 rings (SSSR count). The van der Waals surface area contributed by atoms with Gasteiger partial charge in [-0.05, 0) is 12.1 Å². The molecule has 0 fully saturated rings. The van der Waals surface area contributed by atoms with Gasteiger partial charge in [0.1, 0.15) is 6.04 Å². The molecule has 0 aliphatic rings. The minimum absolute atomic E-state index is 0.113. The first-order valence-electron chi connectivity index (χ1n) is 9.59. The number of benzene rings is 2. The van der Waals surface area contributed by atoms with Crippen LogP contribution in [-0.2, 0) is 19.6 Å². The molecule has 0 aromatic heterocycles. The van der Waals surface area contributed by atoms with E-state index in [1.807, 2.05) is 0 Å². The second kappa shape index (κ2) is 10.9.